The summed E-state index contributed by atoms with van der Waals surface area (Å²) in [5.74, 6) is 1.08. The Kier molecular flexibility index (Phi) is 5.80. The van der Waals surface area contributed by atoms with Gasteiger partial charge in [-0.25, -0.2) is 4.98 Å². The Morgan fingerprint density at radius 3 is 2.75 bits per heavy atom. The third kappa shape index (κ3) is 4.29. The van der Waals surface area contributed by atoms with E-state index in [1.165, 1.54) is 24.8 Å². The number of aromatic nitrogens is 4. The van der Waals surface area contributed by atoms with Crippen LogP contribution in [-0.2, 0) is 13.1 Å². The fourth-order valence-electron chi connectivity index (χ4n) is 4.49. The van der Waals surface area contributed by atoms with Gasteiger partial charge in [0.1, 0.15) is 0 Å². The number of anilines is 1. The van der Waals surface area contributed by atoms with E-state index in [1.807, 2.05) is 4.68 Å². The summed E-state index contributed by atoms with van der Waals surface area (Å²) >= 11 is 0. The van der Waals surface area contributed by atoms with E-state index in [2.05, 4.69) is 39.9 Å². The molecule has 1 unspecified atom stereocenters. The second kappa shape index (κ2) is 8.47. The van der Waals surface area contributed by atoms with Crippen molar-refractivity contribution in [2.45, 2.75) is 65.0 Å². The van der Waals surface area contributed by atoms with E-state index < -0.39 is 0 Å². The molecule has 28 heavy (non-hydrogen) atoms. The first kappa shape index (κ1) is 19.2. The van der Waals surface area contributed by atoms with Gasteiger partial charge in [-0.2, -0.15) is 5.10 Å². The highest BCUT2D eigenvalue weighted by Gasteiger charge is 2.25. The van der Waals surface area contributed by atoms with E-state index in [0.717, 1.165) is 69.4 Å². The smallest absolute Gasteiger partial charge is 0.252 e. The molecule has 2 fully saturated rings. The van der Waals surface area contributed by atoms with Crippen molar-refractivity contribution in [2.24, 2.45) is 0 Å². The van der Waals surface area contributed by atoms with Gasteiger partial charge < -0.3 is 4.90 Å². The fourth-order valence-corrected chi connectivity index (χ4v) is 4.49. The highest BCUT2D eigenvalue weighted by Crippen LogP contribution is 2.27. The molecule has 2 aliphatic heterocycles. The summed E-state index contributed by atoms with van der Waals surface area (Å²) in [4.78, 5) is 24.9. The Hall–Kier alpha value is -2.15. The molecule has 152 valence electrons. The lowest BCUT2D eigenvalue weighted by Crippen LogP contribution is -2.36. The van der Waals surface area contributed by atoms with E-state index in [-0.39, 0.29) is 5.56 Å². The SMILES string of the molecule is CCn1cc(CN2CCCC(c3cc(=O)[nH]c(N4CCCCC4)n3)C2)c(C)n1. The molecular weight excluding hydrogens is 352 g/mol. The van der Waals surface area contributed by atoms with Gasteiger partial charge in [-0.1, -0.05) is 0 Å². The van der Waals surface area contributed by atoms with E-state index >= 15 is 0 Å². The molecule has 0 bridgehead atoms. The fraction of sp³-hybridized carbons (Fsp3) is 0.667. The van der Waals surface area contributed by atoms with Gasteiger partial charge in [-0.3, -0.25) is 19.4 Å². The van der Waals surface area contributed by atoms with Crippen LogP contribution in [0.2, 0.25) is 0 Å². The van der Waals surface area contributed by atoms with Crippen LogP contribution in [0.5, 0.6) is 0 Å². The monoisotopic (exact) mass is 384 g/mol. The number of aryl methyl sites for hydroxylation is 2. The molecule has 7 heteroatoms. The first-order valence-corrected chi connectivity index (χ1v) is 10.7. The van der Waals surface area contributed by atoms with Gasteiger partial charge in [0.05, 0.1) is 11.4 Å². The molecule has 4 rings (SSSR count). The van der Waals surface area contributed by atoms with Crippen molar-refractivity contribution in [1.29, 1.82) is 0 Å². The minimum Gasteiger partial charge on any atom is -0.342 e. The van der Waals surface area contributed by atoms with E-state index in [0.29, 0.717) is 5.92 Å². The van der Waals surface area contributed by atoms with Crippen LogP contribution in [0, 0.1) is 6.92 Å². The first-order chi connectivity index (χ1) is 13.6. The zero-order chi connectivity index (χ0) is 19.5. The summed E-state index contributed by atoms with van der Waals surface area (Å²) < 4.78 is 2.01. The zero-order valence-corrected chi connectivity index (χ0v) is 17.2. The molecular formula is C21H32N6O. The highest BCUT2D eigenvalue weighted by atomic mass is 16.1. The van der Waals surface area contributed by atoms with Gasteiger partial charge in [0, 0.05) is 56.5 Å². The molecule has 2 aromatic heterocycles. The standard InChI is InChI=1S/C21H32N6O/c1-3-27-15-18(16(2)24-27)14-25-9-7-8-17(13-25)19-12-20(28)23-21(22-19)26-10-5-4-6-11-26/h12,15,17H,3-11,13-14H2,1-2H3,(H,22,23,28). The van der Waals surface area contributed by atoms with Crippen molar-refractivity contribution in [3.63, 3.8) is 0 Å². The average Bonchev–Trinajstić information content (AvgIpc) is 3.08. The summed E-state index contributed by atoms with van der Waals surface area (Å²) in [7, 11) is 0. The minimum absolute atomic E-state index is 0.0252. The van der Waals surface area contributed by atoms with Crippen molar-refractivity contribution >= 4 is 5.95 Å². The number of H-pyrrole nitrogens is 1. The van der Waals surface area contributed by atoms with E-state index in [4.69, 9.17) is 4.98 Å². The Bertz CT molecular complexity index is 851. The Morgan fingerprint density at radius 1 is 1.18 bits per heavy atom. The Labute approximate surface area is 166 Å². The first-order valence-electron chi connectivity index (χ1n) is 10.7. The van der Waals surface area contributed by atoms with Crippen LogP contribution in [0.4, 0.5) is 5.95 Å². The van der Waals surface area contributed by atoms with E-state index in [1.54, 1.807) is 6.07 Å². The molecule has 0 radical (unpaired) electrons. The lowest BCUT2D eigenvalue weighted by Gasteiger charge is -2.33. The normalized spacial score (nSPS) is 21.2. The second-order valence-corrected chi connectivity index (χ2v) is 8.21. The average molecular weight is 385 g/mol. The molecule has 2 saturated heterocycles. The molecule has 2 aliphatic rings. The van der Waals surface area contributed by atoms with Gasteiger partial charge in [-0.15, -0.1) is 0 Å². The number of nitrogens with zero attached hydrogens (tertiary/aromatic N) is 5. The Morgan fingerprint density at radius 2 is 2.00 bits per heavy atom. The summed E-state index contributed by atoms with van der Waals surface area (Å²) in [6.07, 6.45) is 8.02. The maximum absolute atomic E-state index is 12.3. The van der Waals surface area contributed by atoms with Crippen LogP contribution in [0.1, 0.15) is 61.9 Å². The molecule has 0 aromatic carbocycles. The largest absolute Gasteiger partial charge is 0.342 e. The third-order valence-electron chi connectivity index (χ3n) is 6.09. The molecule has 0 aliphatic carbocycles. The van der Waals surface area contributed by atoms with Gasteiger partial charge in [0.15, 0.2) is 0 Å². The molecule has 0 amide bonds. The van der Waals surface area contributed by atoms with Crippen molar-refractivity contribution in [3.05, 3.63) is 39.6 Å². The van der Waals surface area contributed by atoms with Crippen molar-refractivity contribution in [3.8, 4) is 0 Å². The van der Waals surface area contributed by atoms with Crippen molar-refractivity contribution in [2.75, 3.05) is 31.1 Å². The molecule has 2 aromatic rings. The molecule has 7 nitrogen and oxygen atoms in total. The second-order valence-electron chi connectivity index (χ2n) is 8.21. The van der Waals surface area contributed by atoms with Gasteiger partial charge >= 0.3 is 0 Å². The minimum atomic E-state index is -0.0252. The number of likely N-dealkylation sites (tertiary alicyclic amines) is 1. The quantitative estimate of drug-likeness (QED) is 0.858. The summed E-state index contributed by atoms with van der Waals surface area (Å²) in [5.41, 5.74) is 3.35. The topological polar surface area (TPSA) is 70.1 Å². The lowest BCUT2D eigenvalue weighted by atomic mass is 9.94. The lowest BCUT2D eigenvalue weighted by molar-refractivity contribution is 0.198. The van der Waals surface area contributed by atoms with Crippen LogP contribution in [0.3, 0.4) is 0 Å². The van der Waals surface area contributed by atoms with Crippen molar-refractivity contribution < 1.29 is 0 Å². The number of nitrogens with one attached hydrogen (secondary N) is 1. The van der Waals surface area contributed by atoms with Crippen molar-refractivity contribution in [1.82, 2.24) is 24.6 Å². The molecule has 0 spiro atoms. The molecule has 4 heterocycles. The van der Waals surface area contributed by atoms with Crippen LogP contribution in [-0.4, -0.2) is 50.8 Å². The highest BCUT2D eigenvalue weighted by molar-refractivity contribution is 5.31. The number of hydrogen-bond donors (Lipinski definition) is 1. The number of aromatic amines is 1. The van der Waals surface area contributed by atoms with Crippen LogP contribution in [0.25, 0.3) is 0 Å². The van der Waals surface area contributed by atoms with Crippen LogP contribution in [0.15, 0.2) is 17.1 Å². The number of rotatable bonds is 5. The Balaban J connectivity index is 1.48. The summed E-state index contributed by atoms with van der Waals surface area (Å²) in [6, 6.07) is 1.71. The maximum atomic E-state index is 12.3. The van der Waals surface area contributed by atoms with Gasteiger partial charge in [0.25, 0.3) is 5.56 Å². The van der Waals surface area contributed by atoms with Gasteiger partial charge in [0.2, 0.25) is 5.95 Å². The number of hydrogen-bond acceptors (Lipinski definition) is 5. The summed E-state index contributed by atoms with van der Waals surface area (Å²) in [5, 5.41) is 4.57. The predicted molar refractivity (Wildman–Crippen MR) is 111 cm³/mol. The number of piperidine rings is 2. The van der Waals surface area contributed by atoms with Crippen LogP contribution >= 0.6 is 0 Å². The van der Waals surface area contributed by atoms with Crippen LogP contribution < -0.4 is 10.5 Å². The predicted octanol–water partition coefficient (Wildman–Crippen LogP) is 2.66. The zero-order valence-electron chi connectivity index (χ0n) is 17.2. The third-order valence-corrected chi connectivity index (χ3v) is 6.09. The van der Waals surface area contributed by atoms with Gasteiger partial charge in [-0.05, 0) is 52.5 Å². The van der Waals surface area contributed by atoms with E-state index in [9.17, 15) is 4.79 Å². The molecule has 1 atom stereocenters. The maximum Gasteiger partial charge on any atom is 0.252 e. The molecule has 1 N–H and O–H groups in total. The summed E-state index contributed by atoms with van der Waals surface area (Å²) in [6.45, 7) is 10.1. The molecule has 0 saturated carbocycles.